The number of phenolic OH excluding ortho intramolecular Hbond substituents is 1. The highest BCUT2D eigenvalue weighted by Gasteiger charge is 2.38. The van der Waals surface area contributed by atoms with E-state index in [0.717, 1.165) is 37.7 Å². The summed E-state index contributed by atoms with van der Waals surface area (Å²) in [7, 11) is -4.85. The molecule has 2 atom stereocenters. The lowest BCUT2D eigenvalue weighted by atomic mass is 9.97. The third-order valence-corrected chi connectivity index (χ3v) is 11.6. The minimum atomic E-state index is -4.85. The Morgan fingerprint density at radius 1 is 0.907 bits per heavy atom. The summed E-state index contributed by atoms with van der Waals surface area (Å²) in [6, 6.07) is 3.15. The van der Waals surface area contributed by atoms with Crippen LogP contribution in [-0.2, 0) is 14.2 Å². The SMILES string of the molecule is Cc1csc2c(O)cc3c(c12)[C@H](CCl)CN3C(=O)CCCC(=O)N1C[C@@H](CCl)c2c1cc(OP(=O)(O)O)c1scc(C)c21. The van der Waals surface area contributed by atoms with E-state index in [1.54, 1.807) is 15.9 Å². The standard InChI is InChI=1S/C29H29Cl2N2O7PS2/c1-14-12-42-28-20(34)6-18-26(24(14)28)16(8-30)10-32(18)22(35)4-3-5-23(36)33-11-17(9-31)27-19(33)7-21(40-41(37,38)39)29-25(27)15(2)13-43-29/h6-7,12-13,16-17,34H,3-5,8-11H2,1-2H3,(H2,37,38,39)/t16-,17-/m1/s1. The van der Waals surface area contributed by atoms with E-state index >= 15 is 0 Å². The fourth-order valence-electron chi connectivity index (χ4n) is 6.40. The Bertz CT molecular complexity index is 1830. The van der Waals surface area contributed by atoms with Crippen molar-refractivity contribution < 1.29 is 33.6 Å². The highest BCUT2D eigenvalue weighted by molar-refractivity contribution is 7.46. The molecular weight excluding hydrogens is 654 g/mol. The predicted molar refractivity (Wildman–Crippen MR) is 173 cm³/mol. The van der Waals surface area contributed by atoms with Gasteiger partial charge in [-0.2, -0.15) is 0 Å². The summed E-state index contributed by atoms with van der Waals surface area (Å²) in [5, 5.41) is 16.3. The number of amides is 2. The molecule has 0 saturated carbocycles. The number of phosphoric ester groups is 1. The number of carbonyl (C=O) groups is 2. The molecule has 0 bridgehead atoms. The number of hydrogen-bond acceptors (Lipinski definition) is 7. The van der Waals surface area contributed by atoms with Gasteiger partial charge in [-0.25, -0.2) is 4.57 Å². The number of benzene rings is 2. The summed E-state index contributed by atoms with van der Waals surface area (Å²) in [6.07, 6.45) is 0.503. The van der Waals surface area contributed by atoms with Crippen LogP contribution in [0.3, 0.4) is 0 Å². The van der Waals surface area contributed by atoms with E-state index in [0.29, 0.717) is 41.5 Å². The lowest BCUT2D eigenvalue weighted by Gasteiger charge is -2.20. The minimum Gasteiger partial charge on any atom is -0.506 e. The minimum absolute atomic E-state index is 0.0168. The van der Waals surface area contributed by atoms with Crippen molar-refractivity contribution in [2.45, 2.75) is 44.9 Å². The van der Waals surface area contributed by atoms with Gasteiger partial charge in [0.25, 0.3) is 0 Å². The van der Waals surface area contributed by atoms with Gasteiger partial charge in [-0.15, -0.1) is 45.9 Å². The molecule has 4 heterocycles. The summed E-state index contributed by atoms with van der Waals surface area (Å²) in [6.45, 7) is 4.62. The number of halogens is 2. The second kappa shape index (κ2) is 11.5. The van der Waals surface area contributed by atoms with Crippen LogP contribution in [0.2, 0.25) is 0 Å². The Morgan fingerprint density at radius 2 is 1.40 bits per heavy atom. The third kappa shape index (κ3) is 5.33. The average Bonchev–Trinajstić information content (AvgIpc) is 3.71. The van der Waals surface area contributed by atoms with Crippen LogP contribution < -0.4 is 14.3 Å². The van der Waals surface area contributed by atoms with Gasteiger partial charge < -0.3 is 19.4 Å². The Balaban J connectivity index is 1.22. The molecule has 0 aliphatic carbocycles. The number of hydrogen-bond donors (Lipinski definition) is 3. The molecule has 6 rings (SSSR count). The van der Waals surface area contributed by atoms with Gasteiger partial charge in [-0.05, 0) is 53.3 Å². The molecule has 2 aromatic carbocycles. The average molecular weight is 684 g/mol. The number of thiophene rings is 2. The molecule has 14 heteroatoms. The summed E-state index contributed by atoms with van der Waals surface area (Å²) >= 11 is 15.4. The third-order valence-electron chi connectivity index (χ3n) is 8.22. The van der Waals surface area contributed by atoms with Crippen molar-refractivity contribution in [1.82, 2.24) is 0 Å². The van der Waals surface area contributed by atoms with Gasteiger partial charge in [0, 0.05) is 72.4 Å². The topological polar surface area (TPSA) is 128 Å². The number of nitrogens with zero attached hydrogens (tertiary/aromatic N) is 2. The maximum Gasteiger partial charge on any atom is 0.524 e. The molecule has 0 fully saturated rings. The van der Waals surface area contributed by atoms with Gasteiger partial charge in [0.2, 0.25) is 11.8 Å². The molecule has 2 aliphatic rings. The summed E-state index contributed by atoms with van der Waals surface area (Å²) < 4.78 is 18.1. The highest BCUT2D eigenvalue weighted by Crippen LogP contribution is 2.52. The zero-order chi connectivity index (χ0) is 30.8. The molecule has 0 unspecified atom stereocenters. The number of aryl methyl sites for hydroxylation is 2. The van der Waals surface area contributed by atoms with Gasteiger partial charge in [0.15, 0.2) is 5.75 Å². The second-order valence-corrected chi connectivity index (χ2v) is 14.6. The van der Waals surface area contributed by atoms with Crippen LogP contribution >= 0.6 is 53.7 Å². The second-order valence-electron chi connectivity index (χ2n) is 11.0. The first-order chi connectivity index (χ1) is 20.4. The number of anilines is 2. The van der Waals surface area contributed by atoms with Crippen LogP contribution in [0.1, 0.15) is 53.4 Å². The fraction of sp³-hybridized carbons (Fsp3) is 0.379. The predicted octanol–water partition coefficient (Wildman–Crippen LogP) is 7.12. The van der Waals surface area contributed by atoms with Gasteiger partial charge in [-0.3, -0.25) is 19.4 Å². The molecule has 2 aromatic heterocycles. The molecule has 2 aliphatic heterocycles. The molecule has 4 aromatic rings. The van der Waals surface area contributed by atoms with Gasteiger partial charge >= 0.3 is 7.82 Å². The van der Waals surface area contributed by atoms with Crippen molar-refractivity contribution in [2.75, 3.05) is 34.6 Å². The number of aromatic hydroxyl groups is 1. The Hall–Kier alpha value is -2.37. The van der Waals surface area contributed by atoms with Crippen molar-refractivity contribution in [3.05, 3.63) is 45.1 Å². The van der Waals surface area contributed by atoms with Crippen molar-refractivity contribution in [3.8, 4) is 11.5 Å². The number of rotatable bonds is 8. The summed E-state index contributed by atoms with van der Waals surface area (Å²) in [5.74, 6) is 0.154. The highest BCUT2D eigenvalue weighted by atomic mass is 35.5. The smallest absolute Gasteiger partial charge is 0.506 e. The van der Waals surface area contributed by atoms with Gasteiger partial charge in [-0.1, -0.05) is 0 Å². The molecule has 43 heavy (non-hydrogen) atoms. The number of phosphoric acid groups is 1. The Labute approximate surface area is 265 Å². The van der Waals surface area contributed by atoms with Gasteiger partial charge in [0.05, 0.1) is 20.8 Å². The molecule has 0 saturated heterocycles. The molecule has 9 nitrogen and oxygen atoms in total. The van der Waals surface area contributed by atoms with Crippen molar-refractivity contribution >= 4 is 97.1 Å². The number of fused-ring (bicyclic) bond motifs is 6. The number of phenols is 1. The van der Waals surface area contributed by atoms with Crippen LogP contribution in [0.5, 0.6) is 11.5 Å². The van der Waals surface area contributed by atoms with Crippen LogP contribution in [-0.4, -0.2) is 51.6 Å². The monoisotopic (exact) mass is 682 g/mol. The van der Waals surface area contributed by atoms with E-state index in [1.807, 2.05) is 24.6 Å². The van der Waals surface area contributed by atoms with Crippen molar-refractivity contribution in [3.63, 3.8) is 0 Å². The first-order valence-electron chi connectivity index (χ1n) is 13.7. The molecule has 2 amide bonds. The zero-order valence-corrected chi connectivity index (χ0v) is 27.3. The molecule has 0 radical (unpaired) electrons. The maximum atomic E-state index is 13.5. The van der Waals surface area contributed by atoms with E-state index in [9.17, 15) is 29.0 Å². The zero-order valence-electron chi connectivity index (χ0n) is 23.3. The first kappa shape index (κ1) is 30.6. The number of alkyl halides is 2. The molecular formula is C29H29Cl2N2O7PS2. The summed E-state index contributed by atoms with van der Waals surface area (Å²) in [4.78, 5) is 49.3. The van der Waals surface area contributed by atoms with Crippen LogP contribution in [0.25, 0.3) is 20.2 Å². The van der Waals surface area contributed by atoms with E-state index in [-0.39, 0.29) is 53.9 Å². The number of carbonyl (C=O) groups excluding carboxylic acids is 2. The largest absolute Gasteiger partial charge is 0.524 e. The maximum absolute atomic E-state index is 13.5. The summed E-state index contributed by atoms with van der Waals surface area (Å²) in [5.41, 5.74) is 4.97. The Kier molecular flexibility index (Phi) is 8.22. The van der Waals surface area contributed by atoms with E-state index in [2.05, 4.69) is 0 Å². The lowest BCUT2D eigenvalue weighted by Crippen LogP contribution is -2.32. The molecule has 0 spiro atoms. The lowest BCUT2D eigenvalue weighted by molar-refractivity contribution is -0.119. The molecule has 3 N–H and O–H groups in total. The van der Waals surface area contributed by atoms with Crippen LogP contribution in [0.4, 0.5) is 11.4 Å². The quantitative estimate of drug-likeness (QED) is 0.133. The molecule has 228 valence electrons. The van der Waals surface area contributed by atoms with Crippen molar-refractivity contribution in [1.29, 1.82) is 0 Å². The van der Waals surface area contributed by atoms with Crippen LogP contribution in [0, 0.1) is 13.8 Å². The van der Waals surface area contributed by atoms with E-state index in [4.69, 9.17) is 27.7 Å². The van der Waals surface area contributed by atoms with Gasteiger partial charge in [0.1, 0.15) is 5.75 Å². The first-order valence-corrected chi connectivity index (χ1v) is 18.1. The normalized spacial score (nSPS) is 18.1. The van der Waals surface area contributed by atoms with Crippen LogP contribution in [0.15, 0.2) is 22.9 Å². The fourth-order valence-corrected chi connectivity index (χ4v) is 9.36. The van der Waals surface area contributed by atoms with Crippen molar-refractivity contribution in [2.24, 2.45) is 0 Å². The Morgan fingerprint density at radius 3 is 1.91 bits per heavy atom. The van der Waals surface area contributed by atoms with E-state index < -0.39 is 7.82 Å². The van der Waals surface area contributed by atoms with E-state index in [1.165, 1.54) is 28.7 Å².